The van der Waals surface area contributed by atoms with Crippen molar-refractivity contribution in [1.29, 1.82) is 0 Å². The highest BCUT2D eigenvalue weighted by atomic mass is 32.2. The molecule has 1 unspecified atom stereocenters. The molecule has 6 nitrogen and oxygen atoms in total. The molecule has 1 atom stereocenters. The predicted octanol–water partition coefficient (Wildman–Crippen LogP) is 4.38. The summed E-state index contributed by atoms with van der Waals surface area (Å²) < 4.78 is 51.1. The molecule has 0 bridgehead atoms. The van der Waals surface area contributed by atoms with E-state index < -0.39 is 21.6 Å². The molecular formula is C24H24FNO5S. The molecule has 1 fully saturated rings. The van der Waals surface area contributed by atoms with E-state index in [4.69, 9.17) is 9.15 Å². The van der Waals surface area contributed by atoms with Crippen LogP contribution in [0.3, 0.4) is 0 Å². The Balaban J connectivity index is 1.60. The smallest absolute Gasteiger partial charge is 0.290 e. The maximum absolute atomic E-state index is 14.2. The number of halogens is 1. The number of carbonyl (C=O) groups excluding carboxylic acids is 1. The second-order valence-electron chi connectivity index (χ2n) is 7.85. The van der Waals surface area contributed by atoms with E-state index in [0.717, 1.165) is 18.4 Å². The number of carbonyl (C=O) groups is 1. The highest BCUT2D eigenvalue weighted by Gasteiger charge is 2.28. The summed E-state index contributed by atoms with van der Waals surface area (Å²) in [6.07, 6.45) is 1.54. The van der Waals surface area contributed by atoms with Gasteiger partial charge >= 0.3 is 0 Å². The SMILES string of the molecule is Cc1ccc(S(=O)(=O)c2ccc(C(=O)N(Cc3ccccc3F)CC3CCCO3)o2)cc1. The van der Waals surface area contributed by atoms with E-state index in [1.54, 1.807) is 30.3 Å². The summed E-state index contributed by atoms with van der Waals surface area (Å²) in [7, 11) is -3.90. The number of ether oxygens (including phenoxy) is 1. The zero-order valence-electron chi connectivity index (χ0n) is 17.7. The van der Waals surface area contributed by atoms with Crippen molar-refractivity contribution in [1.82, 2.24) is 4.90 Å². The normalized spacial score (nSPS) is 16.2. The zero-order valence-corrected chi connectivity index (χ0v) is 18.5. The number of nitrogens with zero attached hydrogens (tertiary/aromatic N) is 1. The molecule has 0 saturated carbocycles. The van der Waals surface area contributed by atoms with Gasteiger partial charge in [0, 0.05) is 25.3 Å². The van der Waals surface area contributed by atoms with Crippen LogP contribution in [-0.2, 0) is 21.1 Å². The van der Waals surface area contributed by atoms with Crippen molar-refractivity contribution in [3.05, 3.63) is 83.4 Å². The topological polar surface area (TPSA) is 76.8 Å². The van der Waals surface area contributed by atoms with E-state index in [9.17, 15) is 17.6 Å². The molecule has 2 aromatic carbocycles. The second kappa shape index (κ2) is 9.26. The van der Waals surface area contributed by atoms with Gasteiger partial charge in [-0.2, -0.15) is 0 Å². The van der Waals surface area contributed by atoms with Gasteiger partial charge in [-0.3, -0.25) is 4.79 Å². The Morgan fingerprint density at radius 1 is 1.09 bits per heavy atom. The van der Waals surface area contributed by atoms with Gasteiger partial charge in [0.2, 0.25) is 14.9 Å². The molecule has 2 heterocycles. The molecule has 0 radical (unpaired) electrons. The van der Waals surface area contributed by atoms with Crippen LogP contribution in [0.1, 0.15) is 34.5 Å². The molecule has 1 saturated heterocycles. The lowest BCUT2D eigenvalue weighted by Gasteiger charge is -2.25. The molecule has 0 spiro atoms. The van der Waals surface area contributed by atoms with Crippen molar-refractivity contribution in [3.8, 4) is 0 Å². The lowest BCUT2D eigenvalue weighted by Crippen LogP contribution is -2.37. The number of aryl methyl sites for hydroxylation is 1. The van der Waals surface area contributed by atoms with Gasteiger partial charge in [-0.25, -0.2) is 12.8 Å². The quantitative estimate of drug-likeness (QED) is 0.526. The third-order valence-corrected chi connectivity index (χ3v) is 7.08. The van der Waals surface area contributed by atoms with Gasteiger partial charge in [0.15, 0.2) is 5.76 Å². The third kappa shape index (κ3) is 4.76. The molecular weight excluding hydrogens is 433 g/mol. The summed E-state index contributed by atoms with van der Waals surface area (Å²) in [5.41, 5.74) is 1.29. The van der Waals surface area contributed by atoms with Crippen LogP contribution in [0.25, 0.3) is 0 Å². The highest BCUT2D eigenvalue weighted by molar-refractivity contribution is 7.91. The van der Waals surface area contributed by atoms with Crippen LogP contribution in [0.5, 0.6) is 0 Å². The monoisotopic (exact) mass is 457 g/mol. The van der Waals surface area contributed by atoms with Gasteiger partial charge in [0.25, 0.3) is 5.91 Å². The molecule has 0 aliphatic carbocycles. The average Bonchev–Trinajstić information content (AvgIpc) is 3.47. The van der Waals surface area contributed by atoms with E-state index >= 15 is 0 Å². The van der Waals surface area contributed by atoms with Crippen molar-refractivity contribution in [2.75, 3.05) is 13.2 Å². The van der Waals surface area contributed by atoms with E-state index in [1.165, 1.54) is 35.2 Å². The first-order valence-electron chi connectivity index (χ1n) is 10.4. The minimum Gasteiger partial charge on any atom is -0.439 e. The van der Waals surface area contributed by atoms with Crippen LogP contribution in [0.2, 0.25) is 0 Å². The molecule has 1 aromatic heterocycles. The lowest BCUT2D eigenvalue weighted by molar-refractivity contribution is 0.0477. The van der Waals surface area contributed by atoms with Crippen LogP contribution in [0.15, 0.2) is 75.1 Å². The molecule has 1 aliphatic rings. The Morgan fingerprint density at radius 2 is 1.84 bits per heavy atom. The number of benzene rings is 2. The number of hydrogen-bond acceptors (Lipinski definition) is 5. The molecule has 32 heavy (non-hydrogen) atoms. The van der Waals surface area contributed by atoms with E-state index in [2.05, 4.69) is 0 Å². The third-order valence-electron chi connectivity index (χ3n) is 5.44. The number of rotatable bonds is 7. The Kier molecular flexibility index (Phi) is 6.43. The van der Waals surface area contributed by atoms with Gasteiger partial charge in [-0.1, -0.05) is 35.9 Å². The Bertz CT molecular complexity index is 1200. The van der Waals surface area contributed by atoms with Crippen molar-refractivity contribution in [2.45, 2.75) is 42.4 Å². The van der Waals surface area contributed by atoms with Crippen LogP contribution < -0.4 is 0 Å². The summed E-state index contributed by atoms with van der Waals surface area (Å²) in [4.78, 5) is 14.8. The standard InChI is InChI=1S/C24H24FNO5S/c1-17-8-10-20(11-9-17)32(28,29)23-13-12-22(31-23)24(27)26(16-19-6-4-14-30-19)15-18-5-2-3-7-21(18)25/h2-3,5,7-13,19H,4,6,14-16H2,1H3. The fourth-order valence-corrected chi connectivity index (χ4v) is 4.83. The first-order valence-corrected chi connectivity index (χ1v) is 11.9. The number of sulfone groups is 1. The summed E-state index contributed by atoms with van der Waals surface area (Å²) in [5, 5.41) is -0.312. The maximum Gasteiger partial charge on any atom is 0.290 e. The van der Waals surface area contributed by atoms with E-state index in [-0.39, 0.29) is 34.9 Å². The Labute approximate surface area is 186 Å². The van der Waals surface area contributed by atoms with Crippen LogP contribution in [-0.4, -0.2) is 38.5 Å². The van der Waals surface area contributed by atoms with Gasteiger partial charge in [-0.05, 0) is 50.1 Å². The fourth-order valence-electron chi connectivity index (χ4n) is 3.65. The Morgan fingerprint density at radius 3 is 2.53 bits per heavy atom. The first kappa shape index (κ1) is 22.2. The second-order valence-corrected chi connectivity index (χ2v) is 9.73. The molecule has 1 amide bonds. The van der Waals surface area contributed by atoms with Crippen molar-refractivity contribution in [2.24, 2.45) is 0 Å². The molecule has 168 valence electrons. The summed E-state index contributed by atoms with van der Waals surface area (Å²) in [6, 6.07) is 15.2. The van der Waals surface area contributed by atoms with Gasteiger partial charge < -0.3 is 14.1 Å². The first-order chi connectivity index (χ1) is 15.3. The van der Waals surface area contributed by atoms with Crippen LogP contribution in [0, 0.1) is 12.7 Å². The molecule has 3 aromatic rings. The van der Waals surface area contributed by atoms with Gasteiger partial charge in [-0.15, -0.1) is 0 Å². The minimum absolute atomic E-state index is 0.0200. The Hall–Kier alpha value is -2.97. The molecule has 1 aliphatic heterocycles. The average molecular weight is 458 g/mol. The van der Waals surface area contributed by atoms with E-state index in [0.29, 0.717) is 12.2 Å². The summed E-state index contributed by atoms with van der Waals surface area (Å²) in [6.45, 7) is 2.75. The summed E-state index contributed by atoms with van der Waals surface area (Å²) in [5.74, 6) is -1.06. The van der Waals surface area contributed by atoms with Crippen LogP contribution >= 0.6 is 0 Å². The van der Waals surface area contributed by atoms with Crippen molar-refractivity contribution >= 4 is 15.7 Å². The summed E-state index contributed by atoms with van der Waals surface area (Å²) >= 11 is 0. The van der Waals surface area contributed by atoms with Crippen molar-refractivity contribution in [3.63, 3.8) is 0 Å². The van der Waals surface area contributed by atoms with Gasteiger partial charge in [0.1, 0.15) is 5.82 Å². The molecule has 0 N–H and O–H groups in total. The fraction of sp³-hybridized carbons (Fsp3) is 0.292. The van der Waals surface area contributed by atoms with Crippen LogP contribution in [0.4, 0.5) is 4.39 Å². The van der Waals surface area contributed by atoms with Gasteiger partial charge in [0.05, 0.1) is 11.0 Å². The highest BCUT2D eigenvalue weighted by Crippen LogP contribution is 2.25. The number of amides is 1. The lowest BCUT2D eigenvalue weighted by atomic mass is 10.1. The van der Waals surface area contributed by atoms with E-state index in [1.807, 2.05) is 6.92 Å². The number of hydrogen-bond donors (Lipinski definition) is 0. The zero-order chi connectivity index (χ0) is 22.7. The van der Waals surface area contributed by atoms with Crippen molar-refractivity contribution < 1.29 is 26.8 Å². The molecule has 8 heteroatoms. The minimum atomic E-state index is -3.90. The maximum atomic E-state index is 14.2. The largest absolute Gasteiger partial charge is 0.439 e. The number of furan rings is 1. The predicted molar refractivity (Wildman–Crippen MR) is 115 cm³/mol. The molecule has 4 rings (SSSR count).